The Hall–Kier alpha value is -6.98. The van der Waals surface area contributed by atoms with E-state index in [2.05, 4.69) is 56.0 Å². The van der Waals surface area contributed by atoms with Crippen LogP contribution in [0.25, 0.3) is 10.9 Å². The van der Waals surface area contributed by atoms with Gasteiger partial charge in [0.1, 0.15) is 56.9 Å². The summed E-state index contributed by atoms with van der Waals surface area (Å²) in [5.41, 5.74) is 3.06. The van der Waals surface area contributed by atoms with Crippen LogP contribution in [0.2, 0.25) is 0 Å². The summed E-state index contributed by atoms with van der Waals surface area (Å²) in [6.07, 6.45) is 8.29. The Labute approximate surface area is 445 Å². The third-order valence-corrected chi connectivity index (χ3v) is 18.4. The molecule has 2 aromatic carbocycles. The summed E-state index contributed by atoms with van der Waals surface area (Å²) in [6, 6.07) is 6.75. The first-order valence-corrected chi connectivity index (χ1v) is 28.0. The van der Waals surface area contributed by atoms with E-state index in [0.29, 0.717) is 90.9 Å². The average molecular weight is 1080 g/mol. The lowest BCUT2D eigenvalue weighted by atomic mass is 9.88. The number of amides is 3. The number of aromatic nitrogens is 7. The lowest BCUT2D eigenvalue weighted by Gasteiger charge is -2.38. The molecule has 0 radical (unpaired) electrons. The summed E-state index contributed by atoms with van der Waals surface area (Å²) in [5, 5.41) is 19.3. The molecule has 3 aliphatic rings. The van der Waals surface area contributed by atoms with E-state index in [0.717, 1.165) is 30.5 Å². The van der Waals surface area contributed by atoms with Crippen molar-refractivity contribution in [1.82, 2.24) is 55.6 Å². The molecule has 402 valence electrons. The van der Waals surface area contributed by atoms with Crippen LogP contribution in [-0.2, 0) is 19.4 Å². The Morgan fingerprint density at radius 2 is 1.64 bits per heavy atom. The molecule has 4 N–H and O–H groups in total. The number of piperidine rings is 2. The second kappa shape index (κ2) is 22.3. The summed E-state index contributed by atoms with van der Waals surface area (Å²) in [5.74, 6) is 0.115. The molecule has 20 nitrogen and oxygen atoms in total. The molecule has 4 aromatic heterocycles. The normalized spacial score (nSPS) is 17.7. The fraction of sp³-hybridized carbons (Fsp3) is 0.472. The number of carbonyl (C=O) groups is 4. The zero-order valence-electron chi connectivity index (χ0n) is 43.7. The first kappa shape index (κ1) is 53.8. The van der Waals surface area contributed by atoms with E-state index in [1.165, 1.54) is 48.1 Å². The van der Waals surface area contributed by atoms with Gasteiger partial charge in [0, 0.05) is 66.4 Å². The summed E-state index contributed by atoms with van der Waals surface area (Å²) in [4.78, 5) is 83.3. The number of likely N-dealkylation sites (tertiary alicyclic amines) is 2. The number of nitrogens with one attached hydrogen (secondary N) is 4. The number of carbonyl (C=O) groups excluding carboxylic acids is 4. The van der Waals surface area contributed by atoms with Crippen molar-refractivity contribution in [3.05, 3.63) is 99.5 Å². The number of nitrogens with zero attached hydrogens (tertiary/aromatic N) is 9. The largest absolute Gasteiger partial charge is 0.492 e. The van der Waals surface area contributed by atoms with Crippen molar-refractivity contribution < 1.29 is 36.7 Å². The van der Waals surface area contributed by atoms with Crippen LogP contribution in [0.4, 0.5) is 21.8 Å². The highest BCUT2D eigenvalue weighted by Gasteiger charge is 2.42. The molecular formula is C53H64FN13O7S2. The van der Waals surface area contributed by atoms with E-state index < -0.39 is 32.5 Å². The number of ether oxygens (including phenoxy) is 1. The van der Waals surface area contributed by atoms with Crippen LogP contribution in [0.3, 0.4) is 0 Å². The maximum absolute atomic E-state index is 14.6. The molecule has 0 saturated carbocycles. The predicted molar refractivity (Wildman–Crippen MR) is 285 cm³/mol. The van der Waals surface area contributed by atoms with Crippen LogP contribution < -0.4 is 25.6 Å². The van der Waals surface area contributed by atoms with E-state index >= 15 is 0 Å². The molecule has 3 aliphatic heterocycles. The summed E-state index contributed by atoms with van der Waals surface area (Å²) in [7, 11) is -2.19. The van der Waals surface area contributed by atoms with Gasteiger partial charge in [-0.2, -0.15) is 5.10 Å². The molecule has 76 heavy (non-hydrogen) atoms. The molecule has 3 saturated heterocycles. The number of hydrogen-bond acceptors (Lipinski definition) is 17. The molecule has 3 fully saturated rings. The number of ketones is 1. The number of benzene rings is 2. The van der Waals surface area contributed by atoms with Gasteiger partial charge in [-0.25, -0.2) is 37.7 Å². The van der Waals surface area contributed by atoms with E-state index in [4.69, 9.17) is 4.74 Å². The maximum Gasteiger partial charge on any atom is 0.274 e. The number of anilines is 3. The number of halogens is 1. The van der Waals surface area contributed by atoms with Gasteiger partial charge in [-0.3, -0.25) is 24.3 Å². The van der Waals surface area contributed by atoms with Gasteiger partial charge in [0.05, 0.1) is 41.3 Å². The van der Waals surface area contributed by atoms with Crippen LogP contribution in [0, 0.1) is 31.5 Å². The molecule has 7 heterocycles. The Kier molecular flexibility index (Phi) is 15.8. The van der Waals surface area contributed by atoms with Crippen LogP contribution in [-0.4, -0.2) is 140 Å². The molecule has 6 aromatic rings. The van der Waals surface area contributed by atoms with E-state index in [-0.39, 0.29) is 70.0 Å². The Balaban J connectivity index is 0.806. The molecule has 0 spiro atoms. The minimum atomic E-state index is -3.87. The Bertz CT molecular complexity index is 3220. The molecule has 3 atom stereocenters. The highest BCUT2D eigenvalue weighted by atomic mass is 32.2. The molecule has 0 aliphatic carbocycles. The van der Waals surface area contributed by atoms with Gasteiger partial charge in [0.25, 0.3) is 5.91 Å². The molecule has 3 amide bonds. The lowest BCUT2D eigenvalue weighted by molar-refractivity contribution is -0.139. The number of fused-ring (bicyclic) bond motifs is 1. The number of H-pyrrole nitrogens is 1. The highest BCUT2D eigenvalue weighted by Crippen LogP contribution is 2.39. The number of aromatic amines is 1. The molecule has 1 unspecified atom stereocenters. The predicted octanol–water partition coefficient (Wildman–Crippen LogP) is 6.51. The quantitative estimate of drug-likeness (QED) is 0.0755. The minimum Gasteiger partial charge on any atom is -0.492 e. The first-order chi connectivity index (χ1) is 36.3. The number of rotatable bonds is 16. The minimum absolute atomic E-state index is 0.0610. The van der Waals surface area contributed by atoms with Gasteiger partial charge in [-0.15, -0.1) is 11.3 Å². The van der Waals surface area contributed by atoms with Crippen molar-refractivity contribution in [3.63, 3.8) is 0 Å². The van der Waals surface area contributed by atoms with Crippen LogP contribution >= 0.6 is 11.3 Å². The van der Waals surface area contributed by atoms with Gasteiger partial charge >= 0.3 is 0 Å². The van der Waals surface area contributed by atoms with Gasteiger partial charge < -0.3 is 35.4 Å². The zero-order valence-corrected chi connectivity index (χ0v) is 45.4. The van der Waals surface area contributed by atoms with E-state index in [1.54, 1.807) is 68.3 Å². The fourth-order valence-electron chi connectivity index (χ4n) is 9.81. The summed E-state index contributed by atoms with van der Waals surface area (Å²) >= 11 is 1.30. The monoisotopic (exact) mass is 1080 g/mol. The second-order valence-electron chi connectivity index (χ2n) is 20.8. The van der Waals surface area contributed by atoms with Gasteiger partial charge in [0.15, 0.2) is 15.7 Å². The summed E-state index contributed by atoms with van der Waals surface area (Å²) < 4.78 is 46.9. The molecular weight excluding hydrogens is 1010 g/mol. The van der Waals surface area contributed by atoms with Gasteiger partial charge in [0.2, 0.25) is 17.6 Å². The average Bonchev–Trinajstić information content (AvgIpc) is 4.21. The number of hydrogen-bond donors (Lipinski definition) is 4. The standard InChI is InChI=1S/C53H64FN13O7S2/c1-30-31(2)63-64-47(30)62-48-37-23-43(76(72,73)53(4,5)6)42(24-38(37)58-29-59-48)74-27-33-14-19-65(20-15-33)44-26-56-39(25-57-44)51(70)66-21-16-34(17-22-66)45(61-49(69)32(3)55-7)52(71)67-18-8-9-41(67)50-60-40(28-75-50)46(68)35-10-12-36(54)13-11-35/h10-13,23-26,28-29,32-34,41,45,55H,8-9,14-22,27H2,1-7H3,(H,61,69)(H2,58,59,62,63,64)/t32-,41-,45?/m0/s1. The number of likely N-dealkylation sites (N-methyl/N-ethyl adjacent to an activating group) is 1. The third-order valence-electron chi connectivity index (χ3n) is 14.9. The number of aryl methyl sites for hydroxylation is 1. The van der Waals surface area contributed by atoms with E-state index in [1.807, 2.05) is 13.8 Å². The zero-order chi connectivity index (χ0) is 54.1. The van der Waals surface area contributed by atoms with Crippen molar-refractivity contribution in [2.75, 3.05) is 56.6 Å². The first-order valence-electron chi connectivity index (χ1n) is 25.7. The molecule has 0 bridgehead atoms. The highest BCUT2D eigenvalue weighted by molar-refractivity contribution is 7.92. The topological polar surface area (TPSA) is 251 Å². The number of sulfone groups is 1. The SMILES string of the molecule is CN[C@@H](C)C(=O)NC(C(=O)N1CCC[C@H]1c1nc(C(=O)c2ccc(F)cc2)cs1)C1CCN(C(=O)c2cnc(N3CCC(COc4cc5ncnc(Nc6n[nH]c(C)c6C)c5cc4S(=O)(=O)C(C)(C)C)CC3)cn2)CC1. The van der Waals surface area contributed by atoms with Crippen LogP contribution in [0.1, 0.15) is 115 Å². The van der Waals surface area contributed by atoms with Crippen LogP contribution in [0.5, 0.6) is 5.75 Å². The third kappa shape index (κ3) is 11.3. The smallest absolute Gasteiger partial charge is 0.274 e. The fourth-order valence-corrected chi connectivity index (χ4v) is 12.1. The van der Waals surface area contributed by atoms with E-state index in [9.17, 15) is 32.0 Å². The number of thiazole rings is 1. The van der Waals surface area contributed by atoms with Crippen molar-refractivity contribution in [3.8, 4) is 5.75 Å². The van der Waals surface area contributed by atoms with Gasteiger partial charge in [-0.05, 0) is 129 Å². The Morgan fingerprint density at radius 3 is 2.30 bits per heavy atom. The van der Waals surface area contributed by atoms with Gasteiger partial charge in [-0.1, -0.05) is 0 Å². The summed E-state index contributed by atoms with van der Waals surface area (Å²) in [6.45, 7) is 13.3. The lowest BCUT2D eigenvalue weighted by Crippen LogP contribution is -2.57. The van der Waals surface area contributed by atoms with Crippen molar-refractivity contribution >= 4 is 73.0 Å². The van der Waals surface area contributed by atoms with Crippen molar-refractivity contribution in [1.29, 1.82) is 0 Å². The van der Waals surface area contributed by atoms with Crippen molar-refractivity contribution in [2.45, 2.75) is 108 Å². The molecule has 9 rings (SSSR count). The van der Waals surface area contributed by atoms with Crippen molar-refractivity contribution in [2.24, 2.45) is 11.8 Å². The maximum atomic E-state index is 14.6. The Morgan fingerprint density at radius 1 is 0.908 bits per heavy atom. The molecule has 23 heteroatoms. The second-order valence-corrected chi connectivity index (χ2v) is 24.4. The van der Waals surface area contributed by atoms with Crippen LogP contribution in [0.15, 0.2) is 65.4 Å².